The first-order chi connectivity index (χ1) is 16.3. The number of allylic oxidation sites excluding steroid dienone is 1. The van der Waals surface area contributed by atoms with E-state index in [9.17, 15) is 14.4 Å². The molecular formula is C25H21ClN2O5S. The van der Waals surface area contributed by atoms with Crippen LogP contribution in [0.3, 0.4) is 0 Å². The number of hydrogen-bond acceptors (Lipinski definition) is 7. The summed E-state index contributed by atoms with van der Waals surface area (Å²) in [7, 11) is 1.32. The molecule has 0 saturated heterocycles. The van der Waals surface area contributed by atoms with E-state index in [0.29, 0.717) is 31.2 Å². The van der Waals surface area contributed by atoms with Gasteiger partial charge in [0.25, 0.3) is 5.56 Å². The van der Waals surface area contributed by atoms with Gasteiger partial charge < -0.3 is 9.47 Å². The predicted octanol–water partition coefficient (Wildman–Crippen LogP) is 3.24. The van der Waals surface area contributed by atoms with E-state index >= 15 is 0 Å². The highest BCUT2D eigenvalue weighted by Crippen LogP contribution is 2.34. The summed E-state index contributed by atoms with van der Waals surface area (Å²) < 4.78 is 11.9. The van der Waals surface area contributed by atoms with E-state index in [4.69, 9.17) is 21.1 Å². The first kappa shape index (κ1) is 23.7. The van der Waals surface area contributed by atoms with Crippen LogP contribution in [0.25, 0.3) is 6.08 Å². The van der Waals surface area contributed by atoms with E-state index in [-0.39, 0.29) is 17.7 Å². The molecule has 0 aliphatic carbocycles. The van der Waals surface area contributed by atoms with Crippen LogP contribution < -0.4 is 14.9 Å². The maximum absolute atomic E-state index is 13.6. The number of esters is 2. The molecule has 0 amide bonds. The Morgan fingerprint density at radius 1 is 1.15 bits per heavy atom. The molecule has 1 aliphatic heterocycles. The van der Waals surface area contributed by atoms with Gasteiger partial charge in [0, 0.05) is 5.02 Å². The summed E-state index contributed by atoms with van der Waals surface area (Å²) in [4.78, 5) is 43.1. The number of carbonyl (C=O) groups is 2. The number of rotatable bonds is 5. The lowest BCUT2D eigenvalue weighted by Gasteiger charge is -2.25. The summed E-state index contributed by atoms with van der Waals surface area (Å²) >= 11 is 7.71. The zero-order chi connectivity index (χ0) is 24.4. The van der Waals surface area contributed by atoms with Gasteiger partial charge in [-0.15, -0.1) is 0 Å². The maximum atomic E-state index is 13.6. The average molecular weight is 497 g/mol. The smallest absolute Gasteiger partial charge is 0.338 e. The number of ether oxygens (including phenoxy) is 2. The third-order valence-electron chi connectivity index (χ3n) is 5.35. The normalized spacial score (nSPS) is 15.5. The Bertz CT molecular complexity index is 1480. The van der Waals surface area contributed by atoms with Crippen LogP contribution in [-0.4, -0.2) is 30.2 Å². The third-order valence-corrected chi connectivity index (χ3v) is 6.67. The SMILES string of the molecule is CCOC(=O)C1=C(C)N=c2s/c(=C\c3ccc(C(=O)OC)cc3)c(=O)n2[C@H]1c1ccccc1Cl. The highest BCUT2D eigenvalue weighted by atomic mass is 35.5. The Morgan fingerprint density at radius 2 is 1.85 bits per heavy atom. The molecule has 0 radical (unpaired) electrons. The molecule has 7 nitrogen and oxygen atoms in total. The van der Waals surface area contributed by atoms with Gasteiger partial charge in [0.05, 0.1) is 35.1 Å². The van der Waals surface area contributed by atoms with Crippen molar-refractivity contribution in [3.05, 3.63) is 101 Å². The number of hydrogen-bond donors (Lipinski definition) is 0. The minimum atomic E-state index is -0.771. The first-order valence-electron chi connectivity index (χ1n) is 10.5. The fraction of sp³-hybridized carbons (Fsp3) is 0.200. The fourth-order valence-electron chi connectivity index (χ4n) is 3.77. The Morgan fingerprint density at radius 3 is 2.50 bits per heavy atom. The Hall–Kier alpha value is -3.49. The van der Waals surface area contributed by atoms with Crippen LogP contribution in [0, 0.1) is 0 Å². The van der Waals surface area contributed by atoms with Crippen molar-refractivity contribution in [2.75, 3.05) is 13.7 Å². The van der Waals surface area contributed by atoms with Crippen molar-refractivity contribution < 1.29 is 19.1 Å². The topological polar surface area (TPSA) is 87.0 Å². The van der Waals surface area contributed by atoms with E-state index < -0.39 is 18.0 Å². The van der Waals surface area contributed by atoms with Gasteiger partial charge in [0.2, 0.25) is 0 Å². The Kier molecular flexibility index (Phi) is 6.81. The zero-order valence-electron chi connectivity index (χ0n) is 18.7. The van der Waals surface area contributed by atoms with E-state index in [1.165, 1.54) is 23.0 Å². The summed E-state index contributed by atoms with van der Waals surface area (Å²) in [5, 5.41) is 0.428. The Labute approximate surface area is 204 Å². The van der Waals surface area contributed by atoms with Crippen LogP contribution in [-0.2, 0) is 14.3 Å². The molecule has 9 heteroatoms. The van der Waals surface area contributed by atoms with Crippen LogP contribution >= 0.6 is 22.9 Å². The fourth-order valence-corrected chi connectivity index (χ4v) is 5.05. The summed E-state index contributed by atoms with van der Waals surface area (Å²) in [5.41, 5.74) is 2.19. The predicted molar refractivity (Wildman–Crippen MR) is 130 cm³/mol. The standard InChI is InChI=1S/C25H21ClN2O5S/c1-4-33-24(31)20-14(2)27-25-28(21(20)17-7-5-6-8-18(17)26)22(29)19(34-25)13-15-9-11-16(12-10-15)23(30)32-3/h5-13,21H,4H2,1-3H3/b19-13-/t21-/m0/s1. The van der Waals surface area contributed by atoms with Crippen LogP contribution in [0.4, 0.5) is 0 Å². The van der Waals surface area contributed by atoms with Crippen LogP contribution in [0.15, 0.2) is 69.6 Å². The van der Waals surface area contributed by atoms with Gasteiger partial charge in [-0.1, -0.05) is 53.3 Å². The monoisotopic (exact) mass is 496 g/mol. The second kappa shape index (κ2) is 9.79. The molecule has 4 rings (SSSR count). The number of carbonyl (C=O) groups excluding carboxylic acids is 2. The van der Waals surface area contributed by atoms with Gasteiger partial charge in [0.1, 0.15) is 6.04 Å². The van der Waals surface area contributed by atoms with Crippen LogP contribution in [0.2, 0.25) is 5.02 Å². The van der Waals surface area contributed by atoms with Gasteiger partial charge in [-0.2, -0.15) is 0 Å². The summed E-state index contributed by atoms with van der Waals surface area (Å²) in [5.74, 6) is -0.978. The Balaban J connectivity index is 1.90. The van der Waals surface area contributed by atoms with E-state index in [0.717, 1.165) is 5.56 Å². The molecule has 3 aromatic rings. The van der Waals surface area contributed by atoms with Gasteiger partial charge in [-0.05, 0) is 49.2 Å². The summed E-state index contributed by atoms with van der Waals surface area (Å²) in [6, 6.07) is 13.0. The minimum absolute atomic E-state index is 0.191. The largest absolute Gasteiger partial charge is 0.465 e. The lowest BCUT2D eigenvalue weighted by Crippen LogP contribution is -2.40. The van der Waals surface area contributed by atoms with Crippen molar-refractivity contribution >= 4 is 41.0 Å². The lowest BCUT2D eigenvalue weighted by molar-refractivity contribution is -0.139. The average Bonchev–Trinajstić information content (AvgIpc) is 3.13. The molecule has 1 aromatic heterocycles. The number of benzene rings is 2. The molecule has 2 heterocycles. The second-order valence-electron chi connectivity index (χ2n) is 7.44. The first-order valence-corrected chi connectivity index (χ1v) is 11.7. The second-order valence-corrected chi connectivity index (χ2v) is 8.85. The van der Waals surface area contributed by atoms with Gasteiger partial charge in [-0.3, -0.25) is 9.36 Å². The van der Waals surface area contributed by atoms with E-state index in [2.05, 4.69) is 4.99 Å². The molecule has 1 atom stereocenters. The quantitative estimate of drug-likeness (QED) is 0.506. The van der Waals surface area contributed by atoms with E-state index in [1.54, 1.807) is 68.5 Å². The summed E-state index contributed by atoms with van der Waals surface area (Å²) in [6.07, 6.45) is 1.72. The number of methoxy groups -OCH3 is 1. The molecule has 1 aliphatic rings. The molecular weight excluding hydrogens is 476 g/mol. The molecule has 0 N–H and O–H groups in total. The number of thiazole rings is 1. The zero-order valence-corrected chi connectivity index (χ0v) is 20.3. The van der Waals surface area contributed by atoms with Gasteiger partial charge in [-0.25, -0.2) is 14.6 Å². The molecule has 0 spiro atoms. The maximum Gasteiger partial charge on any atom is 0.338 e. The molecule has 0 bridgehead atoms. The van der Waals surface area contributed by atoms with Crippen LogP contribution in [0.5, 0.6) is 0 Å². The van der Waals surface area contributed by atoms with Crippen molar-refractivity contribution in [3.8, 4) is 0 Å². The van der Waals surface area contributed by atoms with Crippen LogP contribution in [0.1, 0.15) is 41.4 Å². The lowest BCUT2D eigenvalue weighted by atomic mass is 9.96. The highest BCUT2D eigenvalue weighted by molar-refractivity contribution is 7.07. The molecule has 0 unspecified atom stereocenters. The van der Waals surface area contributed by atoms with Crippen molar-refractivity contribution in [2.45, 2.75) is 19.9 Å². The van der Waals surface area contributed by atoms with Crippen molar-refractivity contribution in [1.82, 2.24) is 4.57 Å². The molecule has 2 aromatic carbocycles. The number of fused-ring (bicyclic) bond motifs is 1. The minimum Gasteiger partial charge on any atom is -0.465 e. The molecule has 34 heavy (non-hydrogen) atoms. The highest BCUT2D eigenvalue weighted by Gasteiger charge is 2.34. The van der Waals surface area contributed by atoms with E-state index in [1.807, 2.05) is 0 Å². The van der Waals surface area contributed by atoms with Crippen molar-refractivity contribution in [1.29, 1.82) is 0 Å². The number of aromatic nitrogens is 1. The number of halogens is 1. The van der Waals surface area contributed by atoms with Gasteiger partial charge >= 0.3 is 11.9 Å². The molecule has 174 valence electrons. The third kappa shape index (κ3) is 4.34. The molecule has 0 saturated carbocycles. The number of nitrogens with zero attached hydrogens (tertiary/aromatic N) is 2. The summed E-state index contributed by atoms with van der Waals surface area (Å²) in [6.45, 7) is 3.63. The molecule has 0 fully saturated rings. The van der Waals surface area contributed by atoms with Crippen molar-refractivity contribution in [2.24, 2.45) is 4.99 Å². The van der Waals surface area contributed by atoms with Gasteiger partial charge in [0.15, 0.2) is 4.80 Å². The van der Waals surface area contributed by atoms with Crippen molar-refractivity contribution in [3.63, 3.8) is 0 Å².